The van der Waals surface area contributed by atoms with Crippen LogP contribution in [0.15, 0.2) is 48.0 Å². The van der Waals surface area contributed by atoms with Gasteiger partial charge in [-0.2, -0.15) is 0 Å². The van der Waals surface area contributed by atoms with Crippen LogP contribution in [0.3, 0.4) is 0 Å². The third-order valence-electron chi connectivity index (χ3n) is 5.92. The molecule has 1 N–H and O–H groups in total. The summed E-state index contributed by atoms with van der Waals surface area (Å²) in [6, 6.07) is 10.6. The molecule has 0 atom stereocenters. The highest BCUT2D eigenvalue weighted by Crippen LogP contribution is 2.34. The molecule has 1 aliphatic rings. The number of ether oxygens (including phenoxy) is 1. The molecular formula is C26H21Cl2N3O5. The Labute approximate surface area is 217 Å². The number of amides is 4. The SMILES string of the molecule is COC(=O)c1ccc(C)c(-n2c(C)cc(/C=C3\C(=O)NC(=O)N(c4cccc(Cl)c4Cl)C3=O)c2C)c1. The molecule has 1 aliphatic heterocycles. The Hall–Kier alpha value is -3.88. The highest BCUT2D eigenvalue weighted by molar-refractivity contribution is 6.46. The molecule has 36 heavy (non-hydrogen) atoms. The van der Waals surface area contributed by atoms with Crippen LogP contribution in [-0.4, -0.2) is 35.5 Å². The summed E-state index contributed by atoms with van der Waals surface area (Å²) in [5.74, 6) is -2.12. The van der Waals surface area contributed by atoms with Crippen molar-refractivity contribution in [1.82, 2.24) is 9.88 Å². The molecule has 8 nitrogen and oxygen atoms in total. The Bertz CT molecular complexity index is 1490. The second-order valence-electron chi connectivity index (χ2n) is 8.19. The molecule has 2 heterocycles. The number of aromatic nitrogens is 1. The van der Waals surface area contributed by atoms with E-state index in [9.17, 15) is 19.2 Å². The third-order valence-corrected chi connectivity index (χ3v) is 6.72. The maximum Gasteiger partial charge on any atom is 0.337 e. The number of nitrogens with zero attached hydrogens (tertiary/aromatic N) is 2. The van der Waals surface area contributed by atoms with Crippen LogP contribution in [0.2, 0.25) is 10.0 Å². The summed E-state index contributed by atoms with van der Waals surface area (Å²) in [5.41, 5.74) is 3.97. The van der Waals surface area contributed by atoms with Gasteiger partial charge in [-0.25, -0.2) is 14.5 Å². The third kappa shape index (κ3) is 4.29. The van der Waals surface area contributed by atoms with Gasteiger partial charge in [0.1, 0.15) is 5.57 Å². The fraction of sp³-hybridized carbons (Fsp3) is 0.154. The van der Waals surface area contributed by atoms with Gasteiger partial charge >= 0.3 is 12.0 Å². The normalized spacial score (nSPS) is 14.9. The molecule has 0 radical (unpaired) electrons. The first kappa shape index (κ1) is 25.2. The summed E-state index contributed by atoms with van der Waals surface area (Å²) in [6.07, 6.45) is 1.42. The van der Waals surface area contributed by atoms with Gasteiger partial charge in [-0.1, -0.05) is 35.3 Å². The summed E-state index contributed by atoms with van der Waals surface area (Å²) < 4.78 is 6.75. The lowest BCUT2D eigenvalue weighted by Gasteiger charge is -2.27. The number of methoxy groups -OCH3 is 1. The van der Waals surface area contributed by atoms with E-state index in [1.165, 1.54) is 25.3 Å². The lowest BCUT2D eigenvalue weighted by atomic mass is 10.1. The predicted octanol–water partition coefficient (Wildman–Crippen LogP) is 5.16. The first-order chi connectivity index (χ1) is 17.0. The highest BCUT2D eigenvalue weighted by Gasteiger charge is 2.38. The number of benzene rings is 2. The zero-order chi connectivity index (χ0) is 26.3. The lowest BCUT2D eigenvalue weighted by molar-refractivity contribution is -0.122. The lowest BCUT2D eigenvalue weighted by Crippen LogP contribution is -2.54. The van der Waals surface area contributed by atoms with Gasteiger partial charge in [0.2, 0.25) is 0 Å². The van der Waals surface area contributed by atoms with Crippen LogP contribution in [0.5, 0.6) is 0 Å². The second kappa shape index (κ2) is 9.64. The van der Waals surface area contributed by atoms with Crippen molar-refractivity contribution in [2.45, 2.75) is 20.8 Å². The van der Waals surface area contributed by atoms with E-state index in [2.05, 4.69) is 5.32 Å². The van der Waals surface area contributed by atoms with E-state index in [1.807, 2.05) is 31.4 Å². The van der Waals surface area contributed by atoms with Crippen molar-refractivity contribution in [1.29, 1.82) is 0 Å². The number of aryl methyl sites for hydroxylation is 2. The Balaban J connectivity index is 1.80. The number of hydrogen-bond acceptors (Lipinski definition) is 5. The molecule has 2 aromatic carbocycles. The van der Waals surface area contributed by atoms with Crippen LogP contribution >= 0.6 is 23.2 Å². The van der Waals surface area contributed by atoms with Gasteiger partial charge in [-0.3, -0.25) is 14.9 Å². The fourth-order valence-corrected chi connectivity index (χ4v) is 4.48. The van der Waals surface area contributed by atoms with Crippen molar-refractivity contribution in [3.05, 3.63) is 86.2 Å². The smallest absolute Gasteiger partial charge is 0.337 e. The van der Waals surface area contributed by atoms with E-state index in [4.69, 9.17) is 27.9 Å². The van der Waals surface area contributed by atoms with E-state index >= 15 is 0 Å². The molecule has 0 bridgehead atoms. The van der Waals surface area contributed by atoms with Gasteiger partial charge < -0.3 is 9.30 Å². The maximum absolute atomic E-state index is 13.3. The molecule has 3 aromatic rings. The maximum atomic E-state index is 13.3. The summed E-state index contributed by atoms with van der Waals surface area (Å²) >= 11 is 12.3. The molecule has 0 unspecified atom stereocenters. The molecule has 10 heteroatoms. The van der Waals surface area contributed by atoms with Crippen LogP contribution in [0.25, 0.3) is 11.8 Å². The first-order valence-corrected chi connectivity index (χ1v) is 11.5. The number of rotatable bonds is 4. The zero-order valence-electron chi connectivity index (χ0n) is 19.8. The van der Waals surface area contributed by atoms with Crippen LogP contribution < -0.4 is 10.2 Å². The second-order valence-corrected chi connectivity index (χ2v) is 8.97. The summed E-state index contributed by atoms with van der Waals surface area (Å²) in [5, 5.41) is 2.35. The number of anilines is 1. The number of carbonyl (C=O) groups excluding carboxylic acids is 4. The van der Waals surface area contributed by atoms with E-state index in [1.54, 1.807) is 24.3 Å². The van der Waals surface area contributed by atoms with Gasteiger partial charge in [-0.05, 0) is 68.3 Å². The number of imide groups is 2. The Morgan fingerprint density at radius 1 is 1.00 bits per heavy atom. The summed E-state index contributed by atoms with van der Waals surface area (Å²) in [4.78, 5) is 51.4. The standard InChI is InChI=1S/C26H21Cl2N3O5/c1-13-8-9-16(25(34)36-4)12-21(13)30-14(2)10-17(15(30)3)11-18-23(32)29-26(35)31(24(18)33)20-7-5-6-19(27)22(20)28/h5-12H,1-4H3,(H,29,32,35)/b18-11+. The highest BCUT2D eigenvalue weighted by atomic mass is 35.5. The molecule has 184 valence electrons. The molecular weight excluding hydrogens is 505 g/mol. The van der Waals surface area contributed by atoms with Crippen LogP contribution in [0.4, 0.5) is 10.5 Å². The Kier molecular flexibility index (Phi) is 6.75. The number of barbiturate groups is 1. The van der Waals surface area contributed by atoms with Crippen molar-refractivity contribution < 1.29 is 23.9 Å². The molecule has 1 fully saturated rings. The molecule has 4 amide bonds. The van der Waals surface area contributed by atoms with Gasteiger partial charge in [0.05, 0.1) is 28.4 Å². The van der Waals surface area contributed by atoms with Crippen LogP contribution in [0, 0.1) is 20.8 Å². The molecule has 1 aromatic heterocycles. The van der Waals surface area contributed by atoms with E-state index in [-0.39, 0.29) is 21.3 Å². The zero-order valence-corrected chi connectivity index (χ0v) is 21.3. The molecule has 0 aliphatic carbocycles. The molecule has 0 spiro atoms. The van der Waals surface area contributed by atoms with Crippen molar-refractivity contribution in [3.8, 4) is 5.69 Å². The molecule has 4 rings (SSSR count). The van der Waals surface area contributed by atoms with Crippen molar-refractivity contribution >= 4 is 58.8 Å². The fourth-order valence-electron chi connectivity index (χ4n) is 4.10. The van der Waals surface area contributed by atoms with E-state index in [0.29, 0.717) is 11.1 Å². The first-order valence-electron chi connectivity index (χ1n) is 10.8. The minimum Gasteiger partial charge on any atom is -0.465 e. The molecule has 1 saturated heterocycles. The van der Waals surface area contributed by atoms with Crippen LogP contribution in [0.1, 0.15) is 32.9 Å². The van der Waals surface area contributed by atoms with Gasteiger partial charge in [0, 0.05) is 17.1 Å². The summed E-state index contributed by atoms with van der Waals surface area (Å²) in [7, 11) is 1.31. The van der Waals surface area contributed by atoms with Crippen molar-refractivity contribution in [2.24, 2.45) is 0 Å². The van der Waals surface area contributed by atoms with E-state index < -0.39 is 23.8 Å². The topological polar surface area (TPSA) is 97.7 Å². The van der Waals surface area contributed by atoms with Crippen LogP contribution in [-0.2, 0) is 14.3 Å². The van der Waals surface area contributed by atoms with E-state index in [0.717, 1.165) is 27.5 Å². The van der Waals surface area contributed by atoms with Gasteiger partial charge in [0.25, 0.3) is 11.8 Å². The monoisotopic (exact) mass is 525 g/mol. The Morgan fingerprint density at radius 2 is 1.72 bits per heavy atom. The average molecular weight is 526 g/mol. The predicted molar refractivity (Wildman–Crippen MR) is 137 cm³/mol. The van der Waals surface area contributed by atoms with Gasteiger partial charge in [0.15, 0.2) is 0 Å². The largest absolute Gasteiger partial charge is 0.465 e. The quantitative estimate of drug-likeness (QED) is 0.288. The molecule has 0 saturated carbocycles. The average Bonchev–Trinajstić information content (AvgIpc) is 3.11. The van der Waals surface area contributed by atoms with Gasteiger partial charge in [-0.15, -0.1) is 0 Å². The Morgan fingerprint density at radius 3 is 2.42 bits per heavy atom. The summed E-state index contributed by atoms with van der Waals surface area (Å²) in [6.45, 7) is 5.60. The number of carbonyl (C=O) groups is 4. The number of esters is 1. The minimum atomic E-state index is -0.924. The number of nitrogens with one attached hydrogen (secondary N) is 1. The van der Waals surface area contributed by atoms with Crippen molar-refractivity contribution in [3.63, 3.8) is 0 Å². The van der Waals surface area contributed by atoms with Crippen molar-refractivity contribution in [2.75, 3.05) is 12.0 Å². The number of halogens is 2. The number of hydrogen-bond donors (Lipinski definition) is 1. The minimum absolute atomic E-state index is 0.00973. The number of urea groups is 1.